The first-order valence-electron chi connectivity index (χ1n) is 10.2. The molecule has 0 aromatic rings. The van der Waals surface area contributed by atoms with E-state index in [4.69, 9.17) is 0 Å². The first-order chi connectivity index (χ1) is 11.0. The van der Waals surface area contributed by atoms with Gasteiger partial charge in [0.15, 0.2) is 5.78 Å². The van der Waals surface area contributed by atoms with Gasteiger partial charge in [0, 0.05) is 6.42 Å². The Labute approximate surface area is 142 Å². The SMILES string of the molecule is CCC[C@@H]1CC[C@H]2[C@@H]3CCC4=CC(=O)CC[C@]4(C)[C@H]3CC[C@]12C. The normalized spacial score (nSPS) is 49.2. The van der Waals surface area contributed by atoms with Crippen LogP contribution >= 0.6 is 0 Å². The molecule has 4 aliphatic carbocycles. The second kappa shape index (κ2) is 5.46. The molecule has 0 spiro atoms. The van der Waals surface area contributed by atoms with Crippen LogP contribution in [0.5, 0.6) is 0 Å². The minimum Gasteiger partial charge on any atom is -0.295 e. The van der Waals surface area contributed by atoms with Crippen LogP contribution in [0.25, 0.3) is 0 Å². The van der Waals surface area contributed by atoms with Crippen LogP contribution in [0.15, 0.2) is 11.6 Å². The molecule has 4 aliphatic rings. The standard InChI is InChI=1S/C22H34O/c1-4-5-15-7-9-19-18-8-6-16-14-17(23)10-12-22(16,3)20(18)11-13-21(15,19)2/h14-15,18-20H,4-13H2,1-3H3/t15-,18+,19+,20+,21-,22+/m1/s1. The van der Waals surface area contributed by atoms with E-state index in [1.807, 2.05) is 6.08 Å². The Morgan fingerprint density at radius 3 is 2.65 bits per heavy atom. The summed E-state index contributed by atoms with van der Waals surface area (Å²) >= 11 is 0. The molecule has 4 rings (SSSR count). The number of carbonyl (C=O) groups excluding carboxylic acids is 1. The van der Waals surface area contributed by atoms with Crippen LogP contribution in [-0.4, -0.2) is 5.78 Å². The van der Waals surface area contributed by atoms with E-state index in [2.05, 4.69) is 20.8 Å². The third-order valence-corrected chi connectivity index (χ3v) is 8.80. The molecule has 1 heteroatoms. The van der Waals surface area contributed by atoms with Gasteiger partial charge in [0.05, 0.1) is 0 Å². The molecule has 0 radical (unpaired) electrons. The summed E-state index contributed by atoms with van der Waals surface area (Å²) in [4.78, 5) is 11.9. The lowest BCUT2D eigenvalue weighted by Gasteiger charge is -2.58. The molecule has 0 unspecified atom stereocenters. The Bertz CT molecular complexity index is 532. The van der Waals surface area contributed by atoms with Crippen LogP contribution in [0.1, 0.15) is 85.0 Å². The molecule has 0 aromatic heterocycles. The van der Waals surface area contributed by atoms with Crippen LogP contribution in [0, 0.1) is 34.5 Å². The highest BCUT2D eigenvalue weighted by Gasteiger charge is 2.58. The summed E-state index contributed by atoms with van der Waals surface area (Å²) in [6, 6.07) is 0. The fourth-order valence-electron chi connectivity index (χ4n) is 7.49. The van der Waals surface area contributed by atoms with Crippen LogP contribution in [0.2, 0.25) is 0 Å². The number of allylic oxidation sites excluding steroid dienone is 1. The van der Waals surface area contributed by atoms with Crippen LogP contribution in [-0.2, 0) is 4.79 Å². The molecule has 0 amide bonds. The van der Waals surface area contributed by atoms with E-state index in [1.54, 1.807) is 0 Å². The second-order valence-corrected chi connectivity index (χ2v) is 9.58. The van der Waals surface area contributed by atoms with Crippen molar-refractivity contribution in [1.82, 2.24) is 0 Å². The maximum atomic E-state index is 11.9. The summed E-state index contributed by atoms with van der Waals surface area (Å²) < 4.78 is 0. The van der Waals surface area contributed by atoms with E-state index < -0.39 is 0 Å². The van der Waals surface area contributed by atoms with Gasteiger partial charge in [-0.25, -0.2) is 0 Å². The van der Waals surface area contributed by atoms with Crippen molar-refractivity contribution in [3.8, 4) is 0 Å². The Kier molecular flexibility index (Phi) is 3.78. The van der Waals surface area contributed by atoms with E-state index in [1.165, 1.54) is 56.9 Å². The highest BCUT2D eigenvalue weighted by atomic mass is 16.1. The molecular weight excluding hydrogens is 280 g/mol. The van der Waals surface area contributed by atoms with Crippen molar-refractivity contribution < 1.29 is 4.79 Å². The lowest BCUT2D eigenvalue weighted by Crippen LogP contribution is -2.50. The summed E-state index contributed by atoms with van der Waals surface area (Å²) in [5.41, 5.74) is 2.49. The molecule has 0 bridgehead atoms. The Morgan fingerprint density at radius 1 is 1.04 bits per heavy atom. The van der Waals surface area contributed by atoms with E-state index >= 15 is 0 Å². The zero-order valence-corrected chi connectivity index (χ0v) is 15.4. The number of hydrogen-bond acceptors (Lipinski definition) is 1. The zero-order valence-electron chi connectivity index (χ0n) is 15.4. The van der Waals surface area contributed by atoms with Crippen molar-refractivity contribution in [3.05, 3.63) is 11.6 Å². The highest BCUT2D eigenvalue weighted by Crippen LogP contribution is 2.67. The van der Waals surface area contributed by atoms with Gasteiger partial charge < -0.3 is 0 Å². The smallest absolute Gasteiger partial charge is 0.155 e. The van der Waals surface area contributed by atoms with Gasteiger partial charge in [-0.1, -0.05) is 39.2 Å². The molecule has 3 fully saturated rings. The van der Waals surface area contributed by atoms with Crippen molar-refractivity contribution in [2.24, 2.45) is 34.5 Å². The monoisotopic (exact) mass is 314 g/mol. The summed E-state index contributed by atoms with van der Waals surface area (Å²) in [6.45, 7) is 7.50. The molecule has 1 nitrogen and oxygen atoms in total. The third-order valence-electron chi connectivity index (χ3n) is 8.80. The third kappa shape index (κ3) is 2.21. The molecule has 6 atom stereocenters. The quantitative estimate of drug-likeness (QED) is 0.617. The van der Waals surface area contributed by atoms with Gasteiger partial charge in [0.2, 0.25) is 0 Å². The molecule has 0 N–H and O–H groups in total. The summed E-state index contributed by atoms with van der Waals surface area (Å²) in [5.74, 6) is 4.13. The Hall–Kier alpha value is -0.590. The maximum absolute atomic E-state index is 11.9. The predicted octanol–water partition coefficient (Wildman–Crippen LogP) is 5.93. The largest absolute Gasteiger partial charge is 0.295 e. The topological polar surface area (TPSA) is 17.1 Å². The van der Waals surface area contributed by atoms with Gasteiger partial charge in [-0.05, 0) is 85.5 Å². The minimum atomic E-state index is 0.348. The van der Waals surface area contributed by atoms with E-state index in [-0.39, 0.29) is 0 Å². The fourth-order valence-corrected chi connectivity index (χ4v) is 7.49. The van der Waals surface area contributed by atoms with Gasteiger partial charge in [0.1, 0.15) is 0 Å². The summed E-state index contributed by atoms with van der Waals surface area (Å²) in [7, 11) is 0. The van der Waals surface area contributed by atoms with Crippen molar-refractivity contribution >= 4 is 5.78 Å². The molecule has 3 saturated carbocycles. The number of ketones is 1. The summed E-state index contributed by atoms with van der Waals surface area (Å²) in [6.07, 6.45) is 15.2. The van der Waals surface area contributed by atoms with Crippen molar-refractivity contribution in [2.75, 3.05) is 0 Å². The number of hydrogen-bond donors (Lipinski definition) is 0. The first-order valence-corrected chi connectivity index (χ1v) is 10.2. The van der Waals surface area contributed by atoms with Crippen LogP contribution in [0.4, 0.5) is 0 Å². The number of fused-ring (bicyclic) bond motifs is 5. The molecule has 0 aromatic carbocycles. The first kappa shape index (κ1) is 15.9. The van der Waals surface area contributed by atoms with Crippen molar-refractivity contribution in [2.45, 2.75) is 85.0 Å². The van der Waals surface area contributed by atoms with Gasteiger partial charge in [-0.15, -0.1) is 0 Å². The Morgan fingerprint density at radius 2 is 1.87 bits per heavy atom. The molecule has 23 heavy (non-hydrogen) atoms. The second-order valence-electron chi connectivity index (χ2n) is 9.58. The molecule has 0 aliphatic heterocycles. The van der Waals surface area contributed by atoms with Gasteiger partial charge in [0.25, 0.3) is 0 Å². The van der Waals surface area contributed by atoms with Crippen LogP contribution < -0.4 is 0 Å². The van der Waals surface area contributed by atoms with Gasteiger partial charge >= 0.3 is 0 Å². The van der Waals surface area contributed by atoms with Crippen molar-refractivity contribution in [3.63, 3.8) is 0 Å². The molecule has 128 valence electrons. The Balaban J connectivity index is 1.63. The molecule has 0 saturated heterocycles. The number of rotatable bonds is 2. The van der Waals surface area contributed by atoms with Crippen molar-refractivity contribution in [1.29, 1.82) is 0 Å². The van der Waals surface area contributed by atoms with E-state index in [0.29, 0.717) is 16.6 Å². The molecule has 0 heterocycles. The zero-order chi connectivity index (χ0) is 16.2. The van der Waals surface area contributed by atoms with E-state index in [0.717, 1.165) is 36.5 Å². The average Bonchev–Trinajstić information content (AvgIpc) is 2.85. The van der Waals surface area contributed by atoms with Gasteiger partial charge in [-0.3, -0.25) is 4.79 Å². The predicted molar refractivity (Wildman–Crippen MR) is 95.1 cm³/mol. The summed E-state index contributed by atoms with van der Waals surface area (Å²) in [5, 5.41) is 0. The number of carbonyl (C=O) groups is 1. The van der Waals surface area contributed by atoms with E-state index in [9.17, 15) is 4.79 Å². The minimum absolute atomic E-state index is 0.348. The fraction of sp³-hybridized carbons (Fsp3) is 0.864. The maximum Gasteiger partial charge on any atom is 0.155 e. The highest BCUT2D eigenvalue weighted by molar-refractivity contribution is 5.91. The lowest BCUT2D eigenvalue weighted by atomic mass is 9.47. The average molecular weight is 315 g/mol. The van der Waals surface area contributed by atoms with Gasteiger partial charge in [-0.2, -0.15) is 0 Å². The molecular formula is C22H34O. The lowest BCUT2D eigenvalue weighted by molar-refractivity contribution is -0.117. The van der Waals surface area contributed by atoms with Crippen LogP contribution in [0.3, 0.4) is 0 Å².